The zero-order valence-electron chi connectivity index (χ0n) is 17.1. The van der Waals surface area contributed by atoms with E-state index in [1.807, 2.05) is 41.4 Å². The number of likely N-dealkylation sites (tertiary alicyclic amines) is 1. The minimum atomic E-state index is -0.217. The number of hydrogen-bond donors (Lipinski definition) is 1. The molecule has 1 aliphatic heterocycles. The predicted octanol–water partition coefficient (Wildman–Crippen LogP) is 1.54. The minimum absolute atomic E-state index is 0.00663. The fraction of sp³-hybridized carbons (Fsp3) is 0.500. The van der Waals surface area contributed by atoms with Gasteiger partial charge in [-0.15, -0.1) is 11.3 Å². The number of aromatic nitrogens is 2. The van der Waals surface area contributed by atoms with E-state index in [1.54, 1.807) is 24.6 Å². The largest absolute Gasteiger partial charge is 0.383 e. The molecule has 3 heterocycles. The molecule has 0 saturated carbocycles. The molecule has 29 heavy (non-hydrogen) atoms. The molecule has 3 rings (SSSR count). The number of amides is 2. The van der Waals surface area contributed by atoms with E-state index in [0.717, 1.165) is 11.3 Å². The number of rotatable bonds is 8. The number of methoxy groups -OCH3 is 1. The molecule has 0 aromatic carbocycles. The Bertz CT molecular complexity index is 841. The maximum Gasteiger partial charge on any atom is 0.254 e. The quantitative estimate of drug-likeness (QED) is 0.656. The molecule has 9 heteroatoms. The van der Waals surface area contributed by atoms with Gasteiger partial charge in [0.25, 0.3) is 5.91 Å². The Morgan fingerprint density at radius 1 is 1.41 bits per heavy atom. The summed E-state index contributed by atoms with van der Waals surface area (Å²) in [5, 5.41) is 4.82. The summed E-state index contributed by atoms with van der Waals surface area (Å²) < 4.78 is 5.00. The number of hydrogen-bond acceptors (Lipinski definition) is 7. The van der Waals surface area contributed by atoms with E-state index in [1.165, 1.54) is 0 Å². The van der Waals surface area contributed by atoms with Crippen molar-refractivity contribution in [3.8, 4) is 0 Å². The van der Waals surface area contributed by atoms with Crippen LogP contribution in [0.1, 0.15) is 33.3 Å². The SMILES string of the molecule is COCCNC(=O)c1cnc(N(C)C)nc1C1CCN(C(=O)Cc2cccs2)C1. The van der Waals surface area contributed by atoms with Crippen molar-refractivity contribution in [3.63, 3.8) is 0 Å². The van der Waals surface area contributed by atoms with Gasteiger partial charge >= 0.3 is 0 Å². The fourth-order valence-corrected chi connectivity index (χ4v) is 4.03. The molecule has 1 atom stereocenters. The van der Waals surface area contributed by atoms with E-state index in [9.17, 15) is 9.59 Å². The van der Waals surface area contributed by atoms with Gasteiger partial charge in [-0.2, -0.15) is 0 Å². The van der Waals surface area contributed by atoms with Gasteiger partial charge in [-0.05, 0) is 17.9 Å². The van der Waals surface area contributed by atoms with E-state index in [-0.39, 0.29) is 17.7 Å². The summed E-state index contributed by atoms with van der Waals surface area (Å²) in [4.78, 5) is 39.0. The highest BCUT2D eigenvalue weighted by atomic mass is 32.1. The van der Waals surface area contributed by atoms with Crippen LogP contribution in [0.5, 0.6) is 0 Å². The molecule has 2 amide bonds. The summed E-state index contributed by atoms with van der Waals surface area (Å²) in [6.07, 6.45) is 2.77. The Kier molecular flexibility index (Phi) is 7.16. The van der Waals surface area contributed by atoms with E-state index >= 15 is 0 Å². The lowest BCUT2D eigenvalue weighted by molar-refractivity contribution is -0.129. The van der Waals surface area contributed by atoms with Gasteiger partial charge in [0.05, 0.1) is 24.3 Å². The molecule has 1 fully saturated rings. The monoisotopic (exact) mass is 417 g/mol. The molecule has 8 nitrogen and oxygen atoms in total. The van der Waals surface area contributed by atoms with Gasteiger partial charge in [-0.25, -0.2) is 9.97 Å². The number of carbonyl (C=O) groups excluding carboxylic acids is 2. The summed E-state index contributed by atoms with van der Waals surface area (Å²) in [5.74, 6) is 0.456. The van der Waals surface area contributed by atoms with E-state index in [4.69, 9.17) is 4.74 Å². The highest BCUT2D eigenvalue weighted by Gasteiger charge is 2.31. The van der Waals surface area contributed by atoms with Gasteiger partial charge in [0.2, 0.25) is 11.9 Å². The molecule has 0 bridgehead atoms. The van der Waals surface area contributed by atoms with Crippen LogP contribution in [0.15, 0.2) is 23.7 Å². The molecule has 0 aliphatic carbocycles. The van der Waals surface area contributed by atoms with Crippen LogP contribution in [-0.2, 0) is 16.0 Å². The van der Waals surface area contributed by atoms with Crippen molar-refractivity contribution in [2.75, 3.05) is 52.3 Å². The summed E-state index contributed by atoms with van der Waals surface area (Å²) in [6, 6.07) is 3.94. The molecular formula is C20H27N5O3S. The van der Waals surface area contributed by atoms with Crippen molar-refractivity contribution >= 4 is 29.1 Å². The zero-order chi connectivity index (χ0) is 20.8. The maximum absolute atomic E-state index is 12.7. The molecule has 0 spiro atoms. The lowest BCUT2D eigenvalue weighted by Crippen LogP contribution is -2.31. The molecule has 1 saturated heterocycles. The molecule has 2 aromatic rings. The number of nitrogens with zero attached hydrogens (tertiary/aromatic N) is 4. The smallest absolute Gasteiger partial charge is 0.254 e. The van der Waals surface area contributed by atoms with Crippen molar-refractivity contribution < 1.29 is 14.3 Å². The van der Waals surface area contributed by atoms with Crippen molar-refractivity contribution in [3.05, 3.63) is 39.8 Å². The Balaban J connectivity index is 1.76. The van der Waals surface area contributed by atoms with Crippen LogP contribution >= 0.6 is 11.3 Å². The molecule has 2 aromatic heterocycles. The third-order valence-corrected chi connectivity index (χ3v) is 5.75. The summed E-state index contributed by atoms with van der Waals surface area (Å²) in [7, 11) is 5.32. The van der Waals surface area contributed by atoms with Gasteiger partial charge in [0, 0.05) is 57.8 Å². The lowest BCUT2D eigenvalue weighted by Gasteiger charge is -2.19. The third-order valence-electron chi connectivity index (χ3n) is 4.88. The first-order valence-corrected chi connectivity index (χ1v) is 10.5. The van der Waals surface area contributed by atoms with Gasteiger partial charge in [0.1, 0.15) is 0 Å². The van der Waals surface area contributed by atoms with Gasteiger partial charge in [0.15, 0.2) is 0 Å². The molecule has 0 radical (unpaired) electrons. The minimum Gasteiger partial charge on any atom is -0.383 e. The van der Waals surface area contributed by atoms with E-state index in [0.29, 0.717) is 49.9 Å². The average molecular weight is 418 g/mol. The highest BCUT2D eigenvalue weighted by molar-refractivity contribution is 7.10. The maximum atomic E-state index is 12.7. The number of thiophene rings is 1. The molecule has 156 valence electrons. The van der Waals surface area contributed by atoms with E-state index < -0.39 is 0 Å². The van der Waals surface area contributed by atoms with Gasteiger partial charge < -0.3 is 19.9 Å². The second-order valence-corrected chi connectivity index (χ2v) is 8.23. The molecule has 1 N–H and O–H groups in total. The summed E-state index contributed by atoms with van der Waals surface area (Å²) in [5.41, 5.74) is 1.16. The number of carbonyl (C=O) groups is 2. The number of nitrogens with one attached hydrogen (secondary N) is 1. The van der Waals surface area contributed by atoms with Crippen LogP contribution < -0.4 is 10.2 Å². The van der Waals surface area contributed by atoms with Crippen molar-refractivity contribution in [2.24, 2.45) is 0 Å². The van der Waals surface area contributed by atoms with Crippen LogP contribution in [0.25, 0.3) is 0 Å². The van der Waals surface area contributed by atoms with Crippen molar-refractivity contribution in [2.45, 2.75) is 18.8 Å². The second kappa shape index (κ2) is 9.80. The fourth-order valence-electron chi connectivity index (χ4n) is 3.33. The van der Waals surface area contributed by atoms with Crippen LogP contribution in [0.2, 0.25) is 0 Å². The Morgan fingerprint density at radius 2 is 2.24 bits per heavy atom. The van der Waals surface area contributed by atoms with Crippen LogP contribution in [-0.4, -0.2) is 74.1 Å². The predicted molar refractivity (Wildman–Crippen MR) is 113 cm³/mol. The third kappa shape index (κ3) is 5.30. The number of anilines is 1. The molecular weight excluding hydrogens is 390 g/mol. The van der Waals surface area contributed by atoms with Crippen LogP contribution in [0, 0.1) is 0 Å². The van der Waals surface area contributed by atoms with Gasteiger partial charge in [-0.1, -0.05) is 6.07 Å². The zero-order valence-corrected chi connectivity index (χ0v) is 17.9. The standard InChI is InChI=1S/C20H27N5O3S/c1-24(2)20-22-12-16(19(27)21-7-9-28-3)18(23-20)14-6-8-25(13-14)17(26)11-15-5-4-10-29-15/h4-5,10,12,14H,6-9,11,13H2,1-3H3,(H,21,27). The summed E-state index contributed by atoms with van der Waals surface area (Å²) in [6.45, 7) is 2.08. The highest BCUT2D eigenvalue weighted by Crippen LogP contribution is 2.29. The van der Waals surface area contributed by atoms with Crippen LogP contribution in [0.3, 0.4) is 0 Å². The van der Waals surface area contributed by atoms with E-state index in [2.05, 4.69) is 15.3 Å². The lowest BCUT2D eigenvalue weighted by atomic mass is 9.99. The van der Waals surface area contributed by atoms with Crippen molar-refractivity contribution in [1.29, 1.82) is 0 Å². The summed E-state index contributed by atoms with van der Waals surface area (Å²) >= 11 is 1.59. The first kappa shape index (κ1) is 21.2. The Labute approximate surface area is 174 Å². The topological polar surface area (TPSA) is 87.7 Å². The number of ether oxygens (including phenoxy) is 1. The first-order valence-electron chi connectivity index (χ1n) is 9.61. The average Bonchev–Trinajstić information content (AvgIpc) is 3.39. The van der Waals surface area contributed by atoms with Gasteiger partial charge in [-0.3, -0.25) is 9.59 Å². The normalized spacial score (nSPS) is 16.1. The Morgan fingerprint density at radius 3 is 2.93 bits per heavy atom. The van der Waals surface area contributed by atoms with Crippen LogP contribution in [0.4, 0.5) is 5.95 Å². The first-order chi connectivity index (χ1) is 14.0. The molecule has 1 unspecified atom stereocenters. The Hall–Kier alpha value is -2.52. The van der Waals surface area contributed by atoms with Crippen molar-refractivity contribution in [1.82, 2.24) is 20.2 Å². The molecule has 1 aliphatic rings. The second-order valence-electron chi connectivity index (χ2n) is 7.19.